The monoisotopic (exact) mass is 684 g/mol. The topological polar surface area (TPSA) is 76.2 Å². The molecule has 2 fully saturated rings. The second kappa shape index (κ2) is 16.9. The fourth-order valence-electron chi connectivity index (χ4n) is 10.1. The lowest BCUT2D eigenvalue weighted by Crippen LogP contribution is -2.69. The summed E-state index contributed by atoms with van der Waals surface area (Å²) in [6.07, 6.45) is 18.0. The maximum atomic E-state index is 14.2. The number of nitrogens with zero attached hydrogens (tertiary/aromatic N) is 2. The van der Waals surface area contributed by atoms with Crippen molar-refractivity contribution in [2.45, 2.75) is 154 Å². The summed E-state index contributed by atoms with van der Waals surface area (Å²) in [5.41, 5.74) is 3.65. The van der Waals surface area contributed by atoms with E-state index in [1.807, 2.05) is 6.07 Å². The van der Waals surface area contributed by atoms with E-state index in [4.69, 9.17) is 9.47 Å². The van der Waals surface area contributed by atoms with Gasteiger partial charge in [0.15, 0.2) is 11.5 Å². The molecule has 2 aromatic carbocycles. The third-order valence-corrected chi connectivity index (χ3v) is 12.2. The Morgan fingerprint density at radius 1 is 0.900 bits per heavy atom. The van der Waals surface area contributed by atoms with Gasteiger partial charge in [-0.25, -0.2) is 0 Å². The molecule has 1 saturated carbocycles. The van der Waals surface area contributed by atoms with Gasteiger partial charge in [-0.05, 0) is 87.9 Å². The molecule has 0 radical (unpaired) electrons. The average molecular weight is 685 g/mol. The minimum Gasteiger partial charge on any atom is -0.483 e. The van der Waals surface area contributed by atoms with Gasteiger partial charge in [0.2, 0.25) is 5.91 Å². The molecule has 0 unspecified atom stereocenters. The van der Waals surface area contributed by atoms with E-state index in [1.54, 1.807) is 6.92 Å². The number of hydrogen-bond donors (Lipinski definition) is 0. The first-order valence-corrected chi connectivity index (χ1v) is 19.9. The Bertz CT molecular complexity index is 1480. The highest BCUT2D eigenvalue weighted by Gasteiger charge is 2.66. The molecule has 0 aromatic heterocycles. The summed E-state index contributed by atoms with van der Waals surface area (Å²) in [4.78, 5) is 43.3. The van der Waals surface area contributed by atoms with Crippen LogP contribution < -0.4 is 9.47 Å². The number of carbonyl (C=O) groups excluding carboxylic acids is 3. The lowest BCUT2D eigenvalue weighted by molar-refractivity contribution is -0.143. The molecule has 1 saturated heterocycles. The highest BCUT2D eigenvalue weighted by atomic mass is 16.6. The van der Waals surface area contributed by atoms with Crippen molar-refractivity contribution in [3.63, 3.8) is 0 Å². The van der Waals surface area contributed by atoms with Crippen molar-refractivity contribution in [3.05, 3.63) is 59.2 Å². The Hall–Kier alpha value is -3.19. The van der Waals surface area contributed by atoms with Gasteiger partial charge in [-0.15, -0.1) is 0 Å². The zero-order chi connectivity index (χ0) is 35.1. The molecule has 7 nitrogen and oxygen atoms in total. The zero-order valence-corrected chi connectivity index (χ0v) is 30.9. The van der Waals surface area contributed by atoms with E-state index in [2.05, 4.69) is 53.1 Å². The molecule has 272 valence electrons. The van der Waals surface area contributed by atoms with Gasteiger partial charge < -0.3 is 14.4 Å². The number of benzene rings is 2. The largest absolute Gasteiger partial charge is 0.483 e. The average Bonchev–Trinajstić information content (AvgIpc) is 3.45. The standard InChI is InChI=1S/C43H60N2O5/c1-4-5-17-27-45(39(48)21-16-11-9-7-6-8-10-13-18-33-19-14-12-15-20-33)36-24-23-35-37-29-34-22-25-38(49-32(3)47)41-40(34)43(35,42(36)50-41)26-28-44(37)30-31(2)46/h12,14-15,19-20,22,25,35-37,42H,4-11,13,16-18,21,23-24,26-30H2,1-3H3/t35-,36+,37+,42-,43-/m0/s1. The van der Waals surface area contributed by atoms with Crippen LogP contribution in [0.5, 0.6) is 11.5 Å². The van der Waals surface area contributed by atoms with Crippen LogP contribution in [0.2, 0.25) is 0 Å². The van der Waals surface area contributed by atoms with E-state index in [-0.39, 0.29) is 41.3 Å². The second-order valence-corrected chi connectivity index (χ2v) is 15.7. The number of unbranched alkanes of at least 4 members (excludes halogenated alkanes) is 9. The van der Waals surface area contributed by atoms with Crippen LogP contribution in [0.1, 0.15) is 134 Å². The molecule has 2 bridgehead atoms. The number of rotatable bonds is 19. The zero-order valence-electron chi connectivity index (χ0n) is 30.9. The number of likely N-dealkylation sites (tertiary alicyclic amines) is 1. The number of Topliss-reactive ketones (excluding diaryl/α,β-unsaturated/α-hetero) is 1. The first-order valence-electron chi connectivity index (χ1n) is 19.9. The van der Waals surface area contributed by atoms with E-state index in [1.165, 1.54) is 68.6 Å². The smallest absolute Gasteiger partial charge is 0.308 e. The molecule has 1 spiro atoms. The molecule has 50 heavy (non-hydrogen) atoms. The van der Waals surface area contributed by atoms with Gasteiger partial charge in [0.25, 0.3) is 0 Å². The van der Waals surface area contributed by atoms with Crippen LogP contribution in [-0.4, -0.2) is 65.3 Å². The summed E-state index contributed by atoms with van der Waals surface area (Å²) in [7, 11) is 0. The van der Waals surface area contributed by atoms with Gasteiger partial charge in [0.1, 0.15) is 11.9 Å². The number of hydrogen-bond acceptors (Lipinski definition) is 6. The summed E-state index contributed by atoms with van der Waals surface area (Å²) in [5.74, 6) is 1.68. The lowest BCUT2D eigenvalue weighted by atomic mass is 9.51. The van der Waals surface area contributed by atoms with E-state index < -0.39 is 0 Å². The van der Waals surface area contributed by atoms with Gasteiger partial charge >= 0.3 is 5.97 Å². The van der Waals surface area contributed by atoms with Crippen LogP contribution in [0.3, 0.4) is 0 Å². The molecule has 0 N–H and O–H groups in total. The minimum atomic E-state index is -0.352. The van der Waals surface area contributed by atoms with E-state index in [9.17, 15) is 14.4 Å². The number of aryl methyl sites for hydroxylation is 1. The van der Waals surface area contributed by atoms with E-state index >= 15 is 0 Å². The number of ether oxygens (including phenoxy) is 2. The molecule has 5 atom stereocenters. The molecular weight excluding hydrogens is 624 g/mol. The van der Waals surface area contributed by atoms with Crippen molar-refractivity contribution in [2.24, 2.45) is 5.92 Å². The molecule has 1 amide bonds. The third kappa shape index (κ3) is 7.83. The van der Waals surface area contributed by atoms with Crippen LogP contribution in [-0.2, 0) is 32.6 Å². The summed E-state index contributed by atoms with van der Waals surface area (Å²) >= 11 is 0. The Labute approximate surface area is 300 Å². The highest BCUT2D eigenvalue weighted by molar-refractivity contribution is 5.78. The van der Waals surface area contributed by atoms with Crippen molar-refractivity contribution in [1.82, 2.24) is 9.80 Å². The van der Waals surface area contributed by atoms with Crippen LogP contribution in [0.15, 0.2) is 42.5 Å². The predicted octanol–water partition coefficient (Wildman–Crippen LogP) is 8.38. The summed E-state index contributed by atoms with van der Waals surface area (Å²) in [5, 5.41) is 0. The van der Waals surface area contributed by atoms with Crippen molar-refractivity contribution in [2.75, 3.05) is 19.6 Å². The van der Waals surface area contributed by atoms with Gasteiger partial charge in [0.05, 0.1) is 12.6 Å². The molecule has 2 heterocycles. The van der Waals surface area contributed by atoms with Crippen molar-refractivity contribution >= 4 is 17.7 Å². The Kier molecular flexibility index (Phi) is 12.4. The minimum absolute atomic E-state index is 0.0185. The fraction of sp³-hybridized carbons (Fsp3) is 0.651. The molecule has 2 aromatic rings. The number of amides is 1. The third-order valence-electron chi connectivity index (χ3n) is 12.2. The molecule has 2 aliphatic heterocycles. The van der Waals surface area contributed by atoms with Crippen LogP contribution in [0, 0.1) is 5.92 Å². The maximum Gasteiger partial charge on any atom is 0.308 e. The second-order valence-electron chi connectivity index (χ2n) is 15.7. The fourth-order valence-corrected chi connectivity index (χ4v) is 10.1. The predicted molar refractivity (Wildman–Crippen MR) is 198 cm³/mol. The van der Waals surface area contributed by atoms with Crippen molar-refractivity contribution in [3.8, 4) is 11.5 Å². The first kappa shape index (κ1) is 36.6. The number of piperidine rings is 1. The Morgan fingerprint density at radius 2 is 1.64 bits per heavy atom. The van der Waals surface area contributed by atoms with E-state index in [0.717, 1.165) is 76.6 Å². The van der Waals surface area contributed by atoms with Crippen molar-refractivity contribution < 1.29 is 23.9 Å². The normalized spacial score (nSPS) is 24.7. The van der Waals surface area contributed by atoms with Gasteiger partial charge in [0, 0.05) is 36.9 Å². The van der Waals surface area contributed by atoms with Crippen LogP contribution >= 0.6 is 0 Å². The Balaban J connectivity index is 1.11. The summed E-state index contributed by atoms with van der Waals surface area (Å²) < 4.78 is 12.8. The SMILES string of the molecule is CCCCCN(C(=O)CCCCCCCCCCc1ccccc1)[C@@H]1CC[C@H]2[C@H]3Cc4ccc(OC(C)=O)c5c4[C@@]2(CCN3CC(C)=O)[C@H]1O5. The number of esters is 1. The molecule has 7 heteroatoms. The first-order chi connectivity index (χ1) is 24.3. The molecular formula is C43H60N2O5. The van der Waals surface area contributed by atoms with Crippen LogP contribution in [0.25, 0.3) is 0 Å². The van der Waals surface area contributed by atoms with Gasteiger partial charge in [-0.2, -0.15) is 0 Å². The Morgan fingerprint density at radius 3 is 2.36 bits per heavy atom. The molecule has 6 rings (SSSR count). The summed E-state index contributed by atoms with van der Waals surface area (Å²) in [6.45, 7) is 7.43. The quantitative estimate of drug-likeness (QED) is 0.0841. The molecule has 4 aliphatic rings. The highest BCUT2D eigenvalue weighted by Crippen LogP contribution is 2.64. The summed E-state index contributed by atoms with van der Waals surface area (Å²) in [6, 6.07) is 15.0. The molecule has 2 aliphatic carbocycles. The van der Waals surface area contributed by atoms with Crippen molar-refractivity contribution in [1.29, 1.82) is 0 Å². The maximum absolute atomic E-state index is 14.2. The van der Waals surface area contributed by atoms with Crippen LogP contribution in [0.4, 0.5) is 0 Å². The van der Waals surface area contributed by atoms with Gasteiger partial charge in [-0.1, -0.05) is 94.7 Å². The number of carbonyl (C=O) groups is 3. The lowest BCUT2D eigenvalue weighted by Gasteiger charge is -2.60. The van der Waals surface area contributed by atoms with Gasteiger partial charge in [-0.3, -0.25) is 19.3 Å². The number of ketones is 1. The van der Waals surface area contributed by atoms with E-state index in [0.29, 0.717) is 24.6 Å².